The van der Waals surface area contributed by atoms with Gasteiger partial charge in [0.1, 0.15) is 5.82 Å². The molecule has 0 aliphatic carbocycles. The molecule has 0 amide bonds. The highest BCUT2D eigenvalue weighted by Crippen LogP contribution is 2.47. The van der Waals surface area contributed by atoms with E-state index in [-0.39, 0.29) is 28.0 Å². The van der Waals surface area contributed by atoms with Crippen LogP contribution in [-0.4, -0.2) is 11.3 Å². The van der Waals surface area contributed by atoms with Crippen LogP contribution in [0.15, 0.2) is 30.3 Å². The highest BCUT2D eigenvalue weighted by molar-refractivity contribution is 6.32. The van der Waals surface area contributed by atoms with Crippen molar-refractivity contribution in [3.8, 4) is 5.75 Å². The van der Waals surface area contributed by atoms with Crippen molar-refractivity contribution in [1.82, 2.24) is 0 Å². The Morgan fingerprint density at radius 1 is 1.32 bits per heavy atom. The van der Waals surface area contributed by atoms with Gasteiger partial charge in [0.15, 0.2) is 5.75 Å². The summed E-state index contributed by atoms with van der Waals surface area (Å²) in [4.78, 5) is 10.8. The smallest absolute Gasteiger partial charge is 0.449 e. The van der Waals surface area contributed by atoms with Gasteiger partial charge in [-0.05, 0) is 47.7 Å². The van der Waals surface area contributed by atoms with Crippen molar-refractivity contribution in [1.29, 1.82) is 0 Å². The van der Waals surface area contributed by atoms with Crippen LogP contribution in [0.1, 0.15) is 37.4 Å². The lowest BCUT2D eigenvalue weighted by Gasteiger charge is -2.39. The fourth-order valence-electron chi connectivity index (χ4n) is 3.23. The zero-order valence-electron chi connectivity index (χ0n) is 13.6. The SMILES string of the molecule is CC1(C)CC(c2cc(Cl)ccc2F)Nc2cc(Cl)c(OC(=O)O)cc21. The van der Waals surface area contributed by atoms with Gasteiger partial charge in [0, 0.05) is 16.3 Å². The van der Waals surface area contributed by atoms with Gasteiger partial charge >= 0.3 is 6.16 Å². The molecule has 1 aliphatic rings. The molecule has 132 valence electrons. The average Bonchev–Trinajstić information content (AvgIpc) is 2.50. The van der Waals surface area contributed by atoms with Gasteiger partial charge in [-0.25, -0.2) is 9.18 Å². The Morgan fingerprint density at radius 2 is 2.04 bits per heavy atom. The third-order valence-corrected chi connectivity index (χ3v) is 4.91. The van der Waals surface area contributed by atoms with Crippen molar-refractivity contribution in [3.05, 3.63) is 57.3 Å². The number of carbonyl (C=O) groups is 1. The number of hydrogen-bond acceptors (Lipinski definition) is 3. The van der Waals surface area contributed by atoms with Crippen LogP contribution >= 0.6 is 23.2 Å². The number of benzene rings is 2. The molecule has 2 N–H and O–H groups in total. The first-order valence-electron chi connectivity index (χ1n) is 7.63. The lowest BCUT2D eigenvalue weighted by Crippen LogP contribution is -2.31. The average molecular weight is 384 g/mol. The van der Waals surface area contributed by atoms with Gasteiger partial charge < -0.3 is 15.2 Å². The largest absolute Gasteiger partial charge is 0.511 e. The molecule has 1 atom stereocenters. The molecule has 0 spiro atoms. The van der Waals surface area contributed by atoms with Crippen LogP contribution in [0.3, 0.4) is 0 Å². The molecule has 2 aromatic rings. The molecular formula is C18H16Cl2FNO3. The third-order valence-electron chi connectivity index (χ3n) is 4.38. The summed E-state index contributed by atoms with van der Waals surface area (Å²) in [6, 6.07) is 7.39. The standard InChI is InChI=1S/C18H16Cl2FNO3/c1-18(2)8-15(10-5-9(19)3-4-13(10)21)22-14-7-12(20)16(6-11(14)18)25-17(23)24/h3-7,15,22H,8H2,1-2H3,(H,23,24). The van der Waals surface area contributed by atoms with Gasteiger partial charge in [-0.2, -0.15) is 0 Å². The van der Waals surface area contributed by atoms with Crippen LogP contribution in [0.4, 0.5) is 14.9 Å². The van der Waals surface area contributed by atoms with E-state index in [0.29, 0.717) is 22.7 Å². The summed E-state index contributed by atoms with van der Waals surface area (Å²) in [5.41, 5.74) is 1.68. The summed E-state index contributed by atoms with van der Waals surface area (Å²) in [6.07, 6.45) is -0.840. The molecule has 25 heavy (non-hydrogen) atoms. The van der Waals surface area contributed by atoms with E-state index in [1.807, 2.05) is 13.8 Å². The maximum Gasteiger partial charge on any atom is 0.511 e. The quantitative estimate of drug-likeness (QED) is 0.491. The molecule has 0 fully saturated rings. The fraction of sp³-hybridized carbons (Fsp3) is 0.278. The van der Waals surface area contributed by atoms with Crippen LogP contribution in [-0.2, 0) is 5.41 Å². The first-order chi connectivity index (χ1) is 11.7. The van der Waals surface area contributed by atoms with Crippen LogP contribution in [0.5, 0.6) is 5.75 Å². The lowest BCUT2D eigenvalue weighted by atomic mass is 9.74. The van der Waals surface area contributed by atoms with Gasteiger partial charge in [-0.1, -0.05) is 37.0 Å². The predicted octanol–water partition coefficient (Wildman–Crippen LogP) is 6.02. The van der Waals surface area contributed by atoms with Gasteiger partial charge in [0.25, 0.3) is 0 Å². The molecule has 0 radical (unpaired) electrons. The van der Waals surface area contributed by atoms with Gasteiger partial charge in [0.05, 0.1) is 11.1 Å². The number of carboxylic acid groups (broad SMARTS) is 1. The molecule has 0 bridgehead atoms. The second kappa shape index (κ2) is 6.39. The molecule has 1 unspecified atom stereocenters. The van der Waals surface area contributed by atoms with Crippen molar-refractivity contribution in [2.24, 2.45) is 0 Å². The maximum atomic E-state index is 14.3. The van der Waals surface area contributed by atoms with E-state index in [4.69, 9.17) is 33.0 Å². The second-order valence-corrected chi connectivity index (χ2v) is 7.49. The van der Waals surface area contributed by atoms with Crippen LogP contribution < -0.4 is 10.1 Å². The zero-order chi connectivity index (χ0) is 18.4. The van der Waals surface area contributed by atoms with Crippen LogP contribution in [0, 0.1) is 5.82 Å². The number of hydrogen-bond donors (Lipinski definition) is 2. The lowest BCUT2D eigenvalue weighted by molar-refractivity contribution is 0.144. The first-order valence-corrected chi connectivity index (χ1v) is 8.39. The topological polar surface area (TPSA) is 58.6 Å². The Labute approximate surface area is 154 Å². The minimum Gasteiger partial charge on any atom is -0.449 e. The molecule has 2 aromatic carbocycles. The number of nitrogens with one attached hydrogen (secondary N) is 1. The molecule has 0 saturated carbocycles. The summed E-state index contributed by atoms with van der Waals surface area (Å²) in [6.45, 7) is 4.00. The number of rotatable bonds is 2. The fourth-order valence-corrected chi connectivity index (χ4v) is 3.62. The van der Waals surface area contributed by atoms with Crippen molar-refractivity contribution in [2.45, 2.75) is 31.7 Å². The number of halogens is 3. The summed E-state index contributed by atoms with van der Waals surface area (Å²) in [7, 11) is 0. The Morgan fingerprint density at radius 3 is 2.72 bits per heavy atom. The molecule has 4 nitrogen and oxygen atoms in total. The Bertz CT molecular complexity index is 854. The van der Waals surface area contributed by atoms with E-state index in [0.717, 1.165) is 5.56 Å². The molecule has 3 rings (SSSR count). The zero-order valence-corrected chi connectivity index (χ0v) is 15.1. The molecule has 0 aromatic heterocycles. The summed E-state index contributed by atoms with van der Waals surface area (Å²) in [5.74, 6) is -0.256. The molecule has 1 heterocycles. The molecule has 7 heteroatoms. The number of fused-ring (bicyclic) bond motifs is 1. The van der Waals surface area contributed by atoms with Crippen LogP contribution in [0.25, 0.3) is 0 Å². The Kier molecular flexibility index (Phi) is 4.56. The van der Waals surface area contributed by atoms with Crippen molar-refractivity contribution in [2.75, 3.05) is 5.32 Å². The summed E-state index contributed by atoms with van der Waals surface area (Å²) >= 11 is 12.1. The Balaban J connectivity index is 2.04. The maximum absolute atomic E-state index is 14.3. The van der Waals surface area contributed by atoms with Gasteiger partial charge in [-0.3, -0.25) is 0 Å². The summed E-state index contributed by atoms with van der Waals surface area (Å²) < 4.78 is 19.0. The van der Waals surface area contributed by atoms with Crippen molar-refractivity contribution in [3.63, 3.8) is 0 Å². The van der Waals surface area contributed by atoms with Gasteiger partial charge in [0.2, 0.25) is 0 Å². The van der Waals surface area contributed by atoms with Gasteiger partial charge in [-0.15, -0.1) is 0 Å². The van der Waals surface area contributed by atoms with E-state index >= 15 is 0 Å². The minimum atomic E-state index is -1.43. The van der Waals surface area contributed by atoms with E-state index < -0.39 is 6.16 Å². The van der Waals surface area contributed by atoms with E-state index in [1.165, 1.54) is 12.1 Å². The molecule has 1 aliphatic heterocycles. The Hall–Kier alpha value is -1.98. The highest BCUT2D eigenvalue weighted by Gasteiger charge is 2.35. The van der Waals surface area contributed by atoms with Crippen molar-refractivity contribution < 1.29 is 19.0 Å². The van der Waals surface area contributed by atoms with Crippen molar-refractivity contribution >= 4 is 35.0 Å². The van der Waals surface area contributed by atoms with Crippen LogP contribution in [0.2, 0.25) is 10.0 Å². The minimum absolute atomic E-state index is 0.0789. The highest BCUT2D eigenvalue weighted by atomic mass is 35.5. The predicted molar refractivity (Wildman–Crippen MR) is 95.5 cm³/mol. The normalized spacial score (nSPS) is 18.2. The molecule has 0 saturated heterocycles. The number of ether oxygens (including phenoxy) is 1. The summed E-state index contributed by atoms with van der Waals surface area (Å²) in [5, 5.41) is 12.7. The monoisotopic (exact) mass is 383 g/mol. The van der Waals surface area contributed by atoms with E-state index in [2.05, 4.69) is 5.32 Å². The van der Waals surface area contributed by atoms with E-state index in [9.17, 15) is 9.18 Å². The van der Waals surface area contributed by atoms with E-state index in [1.54, 1.807) is 18.2 Å². The molecular weight excluding hydrogens is 368 g/mol. The first kappa shape index (κ1) is 17.8. The number of anilines is 1. The second-order valence-electron chi connectivity index (χ2n) is 6.65. The third kappa shape index (κ3) is 3.53.